The molecule has 0 aromatic heterocycles. The second-order valence-corrected chi connectivity index (χ2v) is 14.0. The quantitative estimate of drug-likeness (QED) is 0.205. The van der Waals surface area contributed by atoms with Crippen molar-refractivity contribution in [3.8, 4) is 0 Å². The van der Waals surface area contributed by atoms with E-state index in [2.05, 4.69) is 15.9 Å². The summed E-state index contributed by atoms with van der Waals surface area (Å²) in [5, 5.41) is 31.8. The van der Waals surface area contributed by atoms with Crippen LogP contribution < -0.4 is 0 Å². The van der Waals surface area contributed by atoms with Gasteiger partial charge in [-0.3, -0.25) is 24.0 Å². The van der Waals surface area contributed by atoms with Gasteiger partial charge in [0.2, 0.25) is 0 Å². The highest BCUT2D eigenvalue weighted by atomic mass is 79.9. The average molecular weight is 596 g/mol. The summed E-state index contributed by atoms with van der Waals surface area (Å²) in [4.78, 5) is 68.7. The minimum Gasteiger partial charge on any atom is -0.442 e. The third kappa shape index (κ3) is 7.04. The molecule has 0 heterocycles. The number of ketones is 2. The Labute approximate surface area is 227 Å². The van der Waals surface area contributed by atoms with E-state index in [9.17, 15) is 39.3 Å². The molecule has 0 amide bonds. The van der Waals surface area contributed by atoms with Crippen LogP contribution in [0.25, 0.3) is 0 Å². The number of carbonyl (C=O) groups is 5. The monoisotopic (exact) mass is 594 g/mol. The molecule has 0 radical (unpaired) electrons. The van der Waals surface area contributed by atoms with Gasteiger partial charge in [-0.05, 0) is 57.5 Å². The second-order valence-electron chi connectivity index (χ2n) is 13.3. The smallest absolute Gasteiger partial charge is 0.312 e. The van der Waals surface area contributed by atoms with Gasteiger partial charge in [-0.1, -0.05) is 41.5 Å². The Bertz CT molecular complexity index is 914. The number of ether oxygens (including phenoxy) is 2. The van der Waals surface area contributed by atoms with Crippen molar-refractivity contribution in [2.24, 2.45) is 21.7 Å². The standard InChI is InChI=1S/C26H43BrO10/c1-21(2,3)16(31)25(15(30)14(29)13-28,36-19(34)23(7,8)9)26(18(27)33,17(32)22(4,5)6)37-20(35)24(10,11)12/h14-15,28-30H,13H2,1-12H3/t14-,15-,25-,26+/m1/s1. The SMILES string of the molecule is CC(C)(C)C(=O)O[C@](C(=O)Br)(C(=O)C(C)(C)C)[C@](OC(=O)C(C)(C)C)(C(=O)C(C)(C)C)[C@H](O)[C@H](O)CO. The average Bonchev–Trinajstić information content (AvgIpc) is 2.70. The highest BCUT2D eigenvalue weighted by Crippen LogP contribution is 2.48. The number of carbonyl (C=O) groups excluding carboxylic acids is 5. The molecule has 0 rings (SSSR count). The van der Waals surface area contributed by atoms with E-state index in [4.69, 9.17) is 9.47 Å². The maximum atomic E-state index is 14.3. The predicted molar refractivity (Wildman–Crippen MR) is 139 cm³/mol. The highest BCUT2D eigenvalue weighted by molar-refractivity contribution is 9.18. The van der Waals surface area contributed by atoms with Crippen LogP contribution in [0.3, 0.4) is 0 Å². The molecule has 0 aromatic carbocycles. The van der Waals surface area contributed by atoms with Gasteiger partial charge in [-0.25, -0.2) is 0 Å². The van der Waals surface area contributed by atoms with Gasteiger partial charge in [0.1, 0.15) is 12.2 Å². The molecule has 10 nitrogen and oxygen atoms in total. The molecule has 0 aliphatic heterocycles. The molecule has 37 heavy (non-hydrogen) atoms. The van der Waals surface area contributed by atoms with Gasteiger partial charge in [-0.2, -0.15) is 0 Å². The molecule has 3 N–H and O–H groups in total. The summed E-state index contributed by atoms with van der Waals surface area (Å²) < 4.78 is 9.90. The van der Waals surface area contributed by atoms with Crippen molar-refractivity contribution >= 4 is 44.1 Å². The lowest BCUT2D eigenvalue weighted by atomic mass is 9.62. The van der Waals surface area contributed by atoms with Crippen LogP contribution in [0.2, 0.25) is 0 Å². The molecule has 0 aliphatic carbocycles. The summed E-state index contributed by atoms with van der Waals surface area (Å²) in [6.07, 6.45) is -4.79. The summed E-state index contributed by atoms with van der Waals surface area (Å²) >= 11 is 2.70. The van der Waals surface area contributed by atoms with E-state index in [-0.39, 0.29) is 0 Å². The Morgan fingerprint density at radius 1 is 0.649 bits per heavy atom. The number of hydrogen-bond donors (Lipinski definition) is 3. The molecular weight excluding hydrogens is 552 g/mol. The van der Waals surface area contributed by atoms with E-state index >= 15 is 0 Å². The van der Waals surface area contributed by atoms with E-state index in [1.165, 1.54) is 83.1 Å². The van der Waals surface area contributed by atoms with Crippen molar-refractivity contribution in [1.82, 2.24) is 0 Å². The summed E-state index contributed by atoms with van der Waals surface area (Å²) in [6, 6.07) is 0. The van der Waals surface area contributed by atoms with Crippen molar-refractivity contribution in [1.29, 1.82) is 0 Å². The van der Waals surface area contributed by atoms with Crippen LogP contribution in [0, 0.1) is 21.7 Å². The van der Waals surface area contributed by atoms with Gasteiger partial charge < -0.3 is 24.8 Å². The summed E-state index contributed by atoms with van der Waals surface area (Å²) in [7, 11) is 0. The van der Waals surface area contributed by atoms with E-state index in [1.54, 1.807) is 0 Å². The fourth-order valence-corrected chi connectivity index (χ4v) is 3.85. The summed E-state index contributed by atoms with van der Waals surface area (Å²) in [6.45, 7) is 15.6. The minimum atomic E-state index is -3.32. The molecule has 0 fully saturated rings. The Morgan fingerprint density at radius 2 is 1.00 bits per heavy atom. The number of halogens is 1. The first-order valence-corrected chi connectivity index (χ1v) is 12.7. The van der Waals surface area contributed by atoms with Crippen molar-refractivity contribution in [3.63, 3.8) is 0 Å². The molecule has 214 valence electrons. The first-order valence-electron chi connectivity index (χ1n) is 11.9. The first-order chi connectivity index (χ1) is 16.2. The lowest BCUT2D eigenvalue weighted by Crippen LogP contribution is -2.79. The Balaban J connectivity index is 8.43. The molecule has 0 aromatic rings. The van der Waals surface area contributed by atoms with Crippen molar-refractivity contribution in [2.45, 2.75) is 106 Å². The number of rotatable bonds is 9. The number of esters is 2. The lowest BCUT2D eigenvalue weighted by molar-refractivity contribution is -0.246. The zero-order valence-electron chi connectivity index (χ0n) is 23.9. The number of hydrogen-bond acceptors (Lipinski definition) is 10. The van der Waals surface area contributed by atoms with Crippen LogP contribution in [-0.4, -0.2) is 73.5 Å². The van der Waals surface area contributed by atoms with E-state index in [0.717, 1.165) is 0 Å². The largest absolute Gasteiger partial charge is 0.442 e. The van der Waals surface area contributed by atoms with Crippen LogP contribution in [0.15, 0.2) is 0 Å². The zero-order valence-corrected chi connectivity index (χ0v) is 25.5. The van der Waals surface area contributed by atoms with Crippen molar-refractivity contribution in [3.05, 3.63) is 0 Å². The number of aliphatic hydroxyl groups excluding tert-OH is 3. The molecule has 0 aliphatic rings. The van der Waals surface area contributed by atoms with Gasteiger partial charge >= 0.3 is 11.9 Å². The summed E-state index contributed by atoms with van der Waals surface area (Å²) in [5.41, 5.74) is -12.4. The predicted octanol–water partition coefficient (Wildman–Crippen LogP) is 2.51. The fourth-order valence-electron chi connectivity index (χ4n) is 3.29. The molecule has 0 unspecified atom stereocenters. The summed E-state index contributed by atoms with van der Waals surface area (Å²) in [5.74, 6) is -4.69. The lowest BCUT2D eigenvalue weighted by Gasteiger charge is -2.51. The van der Waals surface area contributed by atoms with Gasteiger partial charge in [0.15, 0.2) is 11.6 Å². The Kier molecular flexibility index (Phi) is 10.7. The normalized spacial score (nSPS) is 18.1. The maximum absolute atomic E-state index is 14.3. The maximum Gasteiger partial charge on any atom is 0.312 e. The molecule has 0 bridgehead atoms. The molecule has 4 atom stereocenters. The first kappa shape index (κ1) is 35.3. The van der Waals surface area contributed by atoms with Crippen LogP contribution >= 0.6 is 15.9 Å². The molecule has 0 spiro atoms. The Morgan fingerprint density at radius 3 is 1.27 bits per heavy atom. The van der Waals surface area contributed by atoms with Crippen LogP contribution in [0.5, 0.6) is 0 Å². The van der Waals surface area contributed by atoms with Crippen LogP contribution in [0.4, 0.5) is 0 Å². The van der Waals surface area contributed by atoms with Crippen molar-refractivity contribution < 1.29 is 48.8 Å². The van der Waals surface area contributed by atoms with E-state index in [1.807, 2.05) is 0 Å². The molecular formula is C26H43BrO10. The van der Waals surface area contributed by atoms with Gasteiger partial charge in [-0.15, -0.1) is 0 Å². The topological polar surface area (TPSA) is 164 Å². The van der Waals surface area contributed by atoms with Crippen molar-refractivity contribution in [2.75, 3.05) is 6.61 Å². The number of aliphatic hydroxyl groups is 3. The molecule has 0 saturated carbocycles. The van der Waals surface area contributed by atoms with E-state index in [0.29, 0.717) is 0 Å². The second kappa shape index (κ2) is 11.2. The minimum absolute atomic E-state index is 1.14. The number of Topliss-reactive ketones (excluding diaryl/α,β-unsaturated/α-hetero) is 2. The van der Waals surface area contributed by atoms with E-state index < -0.39 is 79.9 Å². The van der Waals surface area contributed by atoms with Gasteiger partial charge in [0, 0.05) is 10.8 Å². The highest BCUT2D eigenvalue weighted by Gasteiger charge is 2.77. The third-order valence-corrected chi connectivity index (χ3v) is 6.07. The molecule has 11 heteroatoms. The fraction of sp³-hybridized carbons (Fsp3) is 0.808. The molecule has 0 saturated heterocycles. The third-order valence-electron chi connectivity index (χ3n) is 5.51. The van der Waals surface area contributed by atoms with Gasteiger partial charge in [0.05, 0.1) is 17.4 Å². The zero-order chi connectivity index (χ0) is 30.2. The van der Waals surface area contributed by atoms with Crippen LogP contribution in [-0.2, 0) is 33.4 Å². The van der Waals surface area contributed by atoms with Crippen LogP contribution in [0.1, 0.15) is 83.1 Å². The Hall–Kier alpha value is -1.69. The van der Waals surface area contributed by atoms with Gasteiger partial charge in [0.25, 0.3) is 15.9 Å².